The zero-order chi connectivity index (χ0) is 152. The van der Waals surface area contributed by atoms with E-state index in [0.717, 1.165) is 21.8 Å². The number of rotatable bonds is 30. The van der Waals surface area contributed by atoms with Crippen molar-refractivity contribution in [3.63, 3.8) is 0 Å². The summed E-state index contributed by atoms with van der Waals surface area (Å²) in [4.78, 5) is 82.0. The van der Waals surface area contributed by atoms with Crippen molar-refractivity contribution in [1.82, 2.24) is 91.2 Å². The monoisotopic (exact) mass is 1800 g/mol. The molecule has 126 heavy (non-hydrogen) atoms. The molecule has 6 aromatic carbocycles. The van der Waals surface area contributed by atoms with Crippen LogP contribution in [0.15, 0.2) is 146 Å². The van der Waals surface area contributed by atoms with Gasteiger partial charge < -0.3 is 120 Å². The molecule has 6 atom stereocenters. The molecular weight excluding hydrogens is 1600 g/mol. The molecule has 0 bridgehead atoms. The first-order valence-corrected chi connectivity index (χ1v) is 37.6. The van der Waals surface area contributed by atoms with Crippen molar-refractivity contribution in [2.24, 2.45) is 0 Å². The predicted molar refractivity (Wildman–Crippen MR) is 495 cm³/mol. The number of hydrogen-bond donors (Lipinski definition) is 12. The molecule has 0 saturated carbocycles. The van der Waals surface area contributed by atoms with Crippen LogP contribution in [0.1, 0.15) is 157 Å². The molecule has 672 valence electrons. The minimum absolute atomic E-state index is 0.0160. The van der Waals surface area contributed by atoms with Crippen molar-refractivity contribution in [3.05, 3.63) is 213 Å². The number of aromatic nitrogens is 6. The average Bonchev–Trinajstić information content (AvgIpc) is 1.52. The Morgan fingerprint density at radius 2 is 0.579 bits per heavy atom. The number of fused-ring (bicyclic) bond motifs is 6. The summed E-state index contributed by atoms with van der Waals surface area (Å²) in [5.74, 6) is 0. The first-order valence-electron chi connectivity index (χ1n) is 73.3. The van der Waals surface area contributed by atoms with Crippen molar-refractivity contribution in [2.75, 3.05) is 163 Å². The van der Waals surface area contributed by atoms with Crippen LogP contribution in [-0.2, 0) is 105 Å². The van der Waals surface area contributed by atoms with Crippen molar-refractivity contribution < 1.29 is 156 Å². The van der Waals surface area contributed by atoms with Gasteiger partial charge in [0.05, 0.1) is 85.6 Å². The molecule has 12 heterocycles. The van der Waals surface area contributed by atoms with Gasteiger partial charge in [0.2, 0.25) is 0 Å². The lowest BCUT2D eigenvalue weighted by Crippen LogP contribution is -2.28. The summed E-state index contributed by atoms with van der Waals surface area (Å²) in [7, 11) is 8.55. The fraction of sp³-hybridized carbons (Fsp3) is 0.438. The lowest BCUT2D eigenvalue weighted by molar-refractivity contribution is 0.176. The van der Waals surface area contributed by atoms with E-state index in [1.165, 1.54) is 21.1 Å². The molecule has 12 N–H and O–H groups in total. The van der Waals surface area contributed by atoms with E-state index in [1.54, 1.807) is 0 Å². The molecule has 18 rings (SSSR count). The predicted octanol–water partition coefficient (Wildman–Crippen LogP) is 11.5. The first kappa shape index (κ1) is 37.1. The Hall–Kier alpha value is -12.1. The Morgan fingerprint density at radius 3 is 0.857 bits per heavy atom. The standard InChI is InChI=1S/6C16H21N3O2/c6*1-19(2)6-5-12-9-17-15-4-3-11(8-14(12)15)7-13-10-21-16(20)18-13/h6*3-4,8-9,13,17H,5-7,10H2,1-2H3,(H,18,20)/t6*13-/m000000/s1/i1D3,2D3,3D,4D,5D2,6D2,8D,9D,10D2;1D3,3D,4D,5D2,6D2,8D,9D,10D2;3D,4D,5D2,6D2,8D,9D,10D2;1D3,2D3,3D,4D,8D,9D,10D2;1D3,3D,4D,8D,9D,10D2;3D,4D,8D,9D,10D2/hD6. The van der Waals surface area contributed by atoms with Crippen LogP contribution in [-0.4, -0.2) is 295 Å². The number of alkyl carbamates (subject to hydrolysis) is 6. The fourth-order valence-electron chi connectivity index (χ4n) is 11.8. The second kappa shape index (κ2) is 43.7. The van der Waals surface area contributed by atoms with Crippen molar-refractivity contribution >= 4 is 102 Å². The summed E-state index contributed by atoms with van der Waals surface area (Å²) in [6, 6.07) is -17.4. The smallest absolute Gasteiger partial charge is 0.407 e. The number of nitrogens with zero attached hydrogens (tertiary/aromatic N) is 6. The topological polar surface area (TPSA) is 344 Å². The van der Waals surface area contributed by atoms with E-state index in [4.69, 9.17) is 98.9 Å². The molecular formula is C96H126N18O12. The minimum Gasteiger partial charge on any atom is -0.447 e. The van der Waals surface area contributed by atoms with Crippen LogP contribution in [0.2, 0.25) is 8.47 Å². The maximum atomic E-state index is 11.6. The third-order valence-corrected chi connectivity index (χ3v) is 17.6. The Morgan fingerprint density at radius 1 is 0.317 bits per heavy atom. The highest BCUT2D eigenvalue weighted by atomic mass is 16.6. The highest BCUT2D eigenvalue weighted by molar-refractivity contribution is 5.88. The van der Waals surface area contributed by atoms with Crippen LogP contribution >= 0.6 is 0 Å². The molecule has 6 aliphatic heterocycles. The largest absolute Gasteiger partial charge is 0.447 e. The van der Waals surface area contributed by atoms with Crippen LogP contribution in [0.3, 0.4) is 0 Å². The number of H-pyrrole nitrogens is 6. The summed E-state index contributed by atoms with van der Waals surface area (Å²) in [6.07, 6.45) is -22.5. The molecule has 6 saturated heterocycles. The van der Waals surface area contributed by atoms with Gasteiger partial charge >= 0.3 is 36.6 Å². The maximum absolute atomic E-state index is 11.6. The highest BCUT2D eigenvalue weighted by Crippen LogP contribution is 2.29. The number of amides is 6. The third kappa shape index (κ3) is 26.5. The van der Waals surface area contributed by atoms with Crippen LogP contribution in [0.25, 0.3) is 65.4 Å². The number of aryl methyl sites for hydroxylation is 3. The Bertz CT molecular complexity index is 9400. The maximum Gasteiger partial charge on any atom is 0.407 e. The summed E-state index contributed by atoms with van der Waals surface area (Å²) < 4.78 is 603. The normalized spacial score (nSPS) is 30.4. The van der Waals surface area contributed by atoms with Gasteiger partial charge in [0.1, 0.15) is 39.4 Å². The lowest BCUT2D eigenvalue weighted by atomic mass is 10.0. The van der Waals surface area contributed by atoms with Crippen molar-refractivity contribution in [1.29, 1.82) is 0 Å². The summed E-state index contributed by atoms with van der Waals surface area (Å²) in [6.45, 7) is -43.6. The number of aromatic amines is 6. The molecule has 12 aromatic rings. The number of carbonyl (C=O) groups is 6. The summed E-state index contributed by atoms with van der Waals surface area (Å²) in [5.41, 5.74) is -4.32. The van der Waals surface area contributed by atoms with Crippen molar-refractivity contribution in [3.8, 4) is 0 Å². The van der Waals surface area contributed by atoms with E-state index < -0.39 is 384 Å². The number of carbonyl (C=O) groups excluding carboxylic acids is 6. The number of ether oxygens (including phenoxy) is 6. The number of nitrogens with one attached hydrogen (secondary N) is 12. The fourth-order valence-corrected chi connectivity index (χ4v) is 11.8. The van der Waals surface area contributed by atoms with Gasteiger partial charge in [-0.15, -0.1) is 0 Å². The minimum atomic E-state index is -3.83. The third-order valence-electron chi connectivity index (χ3n) is 17.6. The van der Waals surface area contributed by atoms with Gasteiger partial charge in [0.25, 0.3) is 0 Å². The van der Waals surface area contributed by atoms with Gasteiger partial charge in [-0.3, -0.25) is 0 Å². The SMILES string of the molecule is [2H]c1[nH]c2c([2H])c([2H])c(C[C@@H]3NC(=O)OC3([2H])[2H])c([2H])c2c1C([2H])([2H])C([2H])([2H])N(C([2H])([2H])[2H])C([2H])([2H])[2H].[2H]c1[nH]c2c([2H])c([2H])c(C[C@@H]3NC(=O)OC3([2H])[2H])c([2H])c2c1C([2H])([2H])C([2H])([2H])N(C)C.[2H]c1[nH]c2c([2H])c([2H])c(C[C@@H]3NC(=O)OC3([2H])[2H])c([2H])c2c1C([2H])([2H])C([2H])([2H])N(C)C([2H])([2H])[2H].[2H]c1c(C[C@@H]2N([2H])C(=O)OC2([2H])[2H])c([2H])c2c(CCN(C([2H])([2H])[2H])C([2H])([2H])[2H])c([2H])n([2H])c2c1[2H].[2H]c1c(C[C@@H]2N([2H])C(=O)OC2([2H])[2H])c([2H])c2c(CCN(C)C([2H])([2H])[2H])c([2H])n([2H])c2c1[2H].[2H]c1c(C[C@@H]2N([2H])C(=O)OC2([2H])[2H])c([2H])c2c(CCN(C)C)c([2H])n([2H])c2c1[2H]. The molecule has 6 aliphatic rings. The van der Waals surface area contributed by atoms with E-state index >= 15 is 0 Å². The van der Waals surface area contributed by atoms with Gasteiger partial charge in [-0.05, 0) is 300 Å². The molecule has 6 fully saturated rings. The molecule has 30 heteroatoms. The number of cyclic esters (lactones) is 6. The van der Waals surface area contributed by atoms with Crippen LogP contribution in [0.4, 0.5) is 28.8 Å². The molecule has 6 amide bonds. The van der Waals surface area contributed by atoms with E-state index in [0.29, 0.717) is 33.8 Å². The first-order chi connectivity index (χ1) is 89.5. The van der Waals surface area contributed by atoms with Crippen LogP contribution < -0.4 is 31.9 Å². The average molecular weight is 1800 g/mol. The highest BCUT2D eigenvalue weighted by Gasteiger charge is 2.29. The van der Waals surface area contributed by atoms with E-state index in [-0.39, 0.29) is 170 Å². The Balaban J connectivity index is 0.000000191. The molecule has 0 unspecified atom stereocenters. The summed E-state index contributed by atoms with van der Waals surface area (Å²) in [5, 5.41) is 6.27. The number of hydrogen-bond acceptors (Lipinski definition) is 18. The molecule has 0 spiro atoms. The Kier molecular flexibility index (Phi) is 12.9. The summed E-state index contributed by atoms with van der Waals surface area (Å²) >= 11 is 0. The van der Waals surface area contributed by atoms with Gasteiger partial charge in [-0.2, -0.15) is 0 Å². The zero-order valence-corrected chi connectivity index (χ0v) is 67.2. The molecule has 0 radical (unpaired) electrons. The van der Waals surface area contributed by atoms with Crippen molar-refractivity contribution in [2.45, 2.75) is 113 Å². The van der Waals surface area contributed by atoms with Crippen LogP contribution in [0.5, 0.6) is 0 Å². The van der Waals surface area contributed by atoms with Gasteiger partial charge in [0.15, 0.2) is 8.47 Å². The van der Waals surface area contributed by atoms with Gasteiger partial charge in [-0.25, -0.2) is 28.8 Å². The molecule has 30 nitrogen and oxygen atoms in total. The van der Waals surface area contributed by atoms with Gasteiger partial charge in [-0.1, -0.05) is 36.3 Å². The van der Waals surface area contributed by atoms with E-state index in [9.17, 15) is 28.8 Å². The van der Waals surface area contributed by atoms with E-state index in [1.807, 2.05) is 19.0 Å². The van der Waals surface area contributed by atoms with E-state index in [2.05, 4.69) is 59.3 Å². The second-order valence-corrected chi connectivity index (χ2v) is 27.9. The molecule has 0 aliphatic carbocycles. The lowest BCUT2D eigenvalue weighted by Gasteiger charge is -2.09. The molecule has 6 aromatic heterocycles. The zero-order valence-electron chi connectivity index (χ0n) is 139. The second-order valence-electron chi connectivity index (χ2n) is 27.9. The Labute approximate surface area is 838 Å². The quantitative estimate of drug-likeness (QED) is 0.0186. The van der Waals surface area contributed by atoms with Crippen LogP contribution in [0, 0.1) is 0 Å². The number of likely N-dealkylation sites (N-methyl/N-ethyl adjacent to an activating group) is 6. The number of benzene rings is 6. The van der Waals surface area contributed by atoms with Gasteiger partial charge in [0, 0.05) is 183 Å².